The van der Waals surface area contributed by atoms with Gasteiger partial charge >= 0.3 is 0 Å². The highest BCUT2D eigenvalue weighted by atomic mass is 16.2. The van der Waals surface area contributed by atoms with Gasteiger partial charge in [-0.25, -0.2) is 0 Å². The molecule has 3 atom stereocenters. The maximum Gasteiger partial charge on any atom is 0.225 e. The van der Waals surface area contributed by atoms with Crippen molar-refractivity contribution in [2.24, 2.45) is 29.6 Å². The molecule has 2 heterocycles. The molecule has 3 unspecified atom stereocenters. The van der Waals surface area contributed by atoms with E-state index in [1.54, 1.807) is 4.90 Å². The molecule has 176 valence electrons. The van der Waals surface area contributed by atoms with Crippen molar-refractivity contribution < 1.29 is 9.59 Å². The summed E-state index contributed by atoms with van der Waals surface area (Å²) in [6.07, 6.45) is 12.6. The Bertz CT molecular complexity index is 652. The van der Waals surface area contributed by atoms with Crippen molar-refractivity contribution in [3.05, 3.63) is 0 Å². The van der Waals surface area contributed by atoms with Gasteiger partial charge in [0.25, 0.3) is 0 Å². The number of nitrogens with zero attached hydrogens (tertiary/aromatic N) is 2. The van der Waals surface area contributed by atoms with Crippen LogP contribution in [0.1, 0.15) is 84.5 Å². The molecule has 4 fully saturated rings. The van der Waals surface area contributed by atoms with E-state index in [4.69, 9.17) is 0 Å². The highest BCUT2D eigenvalue weighted by Gasteiger charge is 2.56. The average molecular weight is 432 g/mol. The lowest BCUT2D eigenvalue weighted by atomic mass is 9.68. The van der Waals surface area contributed by atoms with E-state index in [0.717, 1.165) is 25.7 Å². The smallest absolute Gasteiger partial charge is 0.225 e. The molecule has 2 aliphatic carbocycles. The Hall–Kier alpha value is -1.10. The number of nitrogens with one attached hydrogen (secondary N) is 1. The maximum atomic E-state index is 13.7. The zero-order valence-electron chi connectivity index (χ0n) is 20.5. The van der Waals surface area contributed by atoms with Crippen LogP contribution in [0, 0.1) is 29.6 Å². The Morgan fingerprint density at radius 2 is 1.52 bits per heavy atom. The van der Waals surface area contributed by atoms with Crippen molar-refractivity contribution in [3.8, 4) is 0 Å². The SMILES string of the molecule is CC1CCCC(C)C1C(=O)NC(C1CCC(C(=O)N(C)C)CC1)C12CCC(CC1)N2C. The Morgan fingerprint density at radius 3 is 2.00 bits per heavy atom. The number of hydrogen-bond donors (Lipinski definition) is 1. The Morgan fingerprint density at radius 1 is 0.935 bits per heavy atom. The summed E-state index contributed by atoms with van der Waals surface area (Å²) in [5.41, 5.74) is 0.129. The minimum absolute atomic E-state index is 0.129. The standard InChI is InChI=1S/C26H45N3O2/c1-17-7-6-8-18(2)22(17)24(30)27-23(26-15-13-21(14-16-26)29(26)5)19-9-11-20(12-10-19)25(31)28(3)4/h17-23H,6-16H2,1-5H3,(H,27,30). The van der Waals surface area contributed by atoms with Crippen LogP contribution in [0.2, 0.25) is 0 Å². The highest BCUT2D eigenvalue weighted by Crippen LogP contribution is 2.51. The van der Waals surface area contributed by atoms with E-state index in [0.29, 0.717) is 29.7 Å². The molecule has 5 nitrogen and oxygen atoms in total. The lowest BCUT2D eigenvalue weighted by Gasteiger charge is -2.47. The molecule has 5 heteroatoms. The second-order valence-corrected chi connectivity index (χ2v) is 11.7. The van der Waals surface area contributed by atoms with Crippen LogP contribution in [-0.4, -0.2) is 60.4 Å². The number of rotatable bonds is 5. The third-order valence-corrected chi connectivity index (χ3v) is 9.83. The molecule has 0 aromatic carbocycles. The van der Waals surface area contributed by atoms with Gasteiger partial charge in [-0.2, -0.15) is 0 Å². The van der Waals surface area contributed by atoms with Crippen molar-refractivity contribution in [2.45, 2.75) is 102 Å². The highest BCUT2D eigenvalue weighted by molar-refractivity contribution is 5.80. The predicted octanol–water partition coefficient (Wildman–Crippen LogP) is 4.06. The summed E-state index contributed by atoms with van der Waals surface area (Å²) >= 11 is 0. The fraction of sp³-hybridized carbons (Fsp3) is 0.923. The molecule has 2 amide bonds. The molecule has 0 aromatic rings. The summed E-state index contributed by atoms with van der Waals surface area (Å²) in [5, 5.41) is 3.70. The number of fused-ring (bicyclic) bond motifs is 2. The van der Waals surface area contributed by atoms with Gasteiger partial charge in [-0.3, -0.25) is 14.5 Å². The first kappa shape index (κ1) is 23.1. The molecule has 31 heavy (non-hydrogen) atoms. The molecule has 0 aromatic heterocycles. The van der Waals surface area contributed by atoms with Crippen LogP contribution in [0.15, 0.2) is 0 Å². The second-order valence-electron chi connectivity index (χ2n) is 11.7. The van der Waals surface area contributed by atoms with E-state index in [-0.39, 0.29) is 29.3 Å². The first-order valence-corrected chi connectivity index (χ1v) is 13.0. The van der Waals surface area contributed by atoms with E-state index in [1.807, 2.05) is 14.1 Å². The van der Waals surface area contributed by atoms with Gasteiger partial charge in [0.1, 0.15) is 0 Å². The molecule has 0 spiro atoms. The van der Waals surface area contributed by atoms with Gasteiger partial charge in [0.05, 0.1) is 0 Å². The van der Waals surface area contributed by atoms with E-state index in [1.165, 1.54) is 44.9 Å². The summed E-state index contributed by atoms with van der Waals surface area (Å²) in [7, 11) is 6.04. The molecule has 2 bridgehead atoms. The molecular formula is C26H45N3O2. The molecule has 2 saturated heterocycles. The lowest BCUT2D eigenvalue weighted by Crippen LogP contribution is -2.61. The van der Waals surface area contributed by atoms with Gasteiger partial charge in [-0.05, 0) is 89.0 Å². The minimum atomic E-state index is 0.129. The Labute approximate surface area is 189 Å². The van der Waals surface area contributed by atoms with Crippen LogP contribution in [0.25, 0.3) is 0 Å². The number of hydrogen-bond acceptors (Lipinski definition) is 3. The summed E-state index contributed by atoms with van der Waals surface area (Å²) in [5.74, 6) is 2.36. The first-order chi connectivity index (χ1) is 14.7. The average Bonchev–Trinajstić information content (AvgIpc) is 3.24. The minimum Gasteiger partial charge on any atom is -0.351 e. The van der Waals surface area contributed by atoms with E-state index >= 15 is 0 Å². The zero-order chi connectivity index (χ0) is 22.3. The third kappa shape index (κ3) is 4.16. The monoisotopic (exact) mass is 431 g/mol. The molecular weight excluding hydrogens is 386 g/mol. The second kappa shape index (κ2) is 9.03. The topological polar surface area (TPSA) is 52.7 Å². The van der Waals surface area contributed by atoms with Crippen LogP contribution >= 0.6 is 0 Å². The van der Waals surface area contributed by atoms with Crippen molar-refractivity contribution in [3.63, 3.8) is 0 Å². The Kier molecular flexibility index (Phi) is 6.72. The third-order valence-electron chi connectivity index (χ3n) is 9.83. The van der Waals surface area contributed by atoms with Crippen LogP contribution in [0.4, 0.5) is 0 Å². The molecule has 1 N–H and O–H groups in total. The summed E-state index contributed by atoms with van der Waals surface area (Å²) in [6.45, 7) is 4.55. The predicted molar refractivity (Wildman–Crippen MR) is 124 cm³/mol. The number of carbonyl (C=O) groups is 2. The normalized spacial score (nSPS) is 41.7. The Balaban J connectivity index is 1.52. The van der Waals surface area contributed by atoms with Crippen molar-refractivity contribution in [1.29, 1.82) is 0 Å². The van der Waals surface area contributed by atoms with E-state index in [9.17, 15) is 9.59 Å². The van der Waals surface area contributed by atoms with Crippen LogP contribution in [0.5, 0.6) is 0 Å². The van der Waals surface area contributed by atoms with Crippen molar-refractivity contribution in [2.75, 3.05) is 21.1 Å². The van der Waals surface area contributed by atoms with Crippen molar-refractivity contribution in [1.82, 2.24) is 15.1 Å². The number of likely N-dealkylation sites (N-methyl/N-ethyl adjacent to an activating group) is 1. The van der Waals surface area contributed by atoms with Gasteiger partial charge in [0.15, 0.2) is 0 Å². The fourth-order valence-corrected chi connectivity index (χ4v) is 7.94. The van der Waals surface area contributed by atoms with Gasteiger partial charge in [-0.1, -0.05) is 20.3 Å². The van der Waals surface area contributed by atoms with E-state index < -0.39 is 0 Å². The van der Waals surface area contributed by atoms with Crippen LogP contribution < -0.4 is 5.32 Å². The fourth-order valence-electron chi connectivity index (χ4n) is 7.94. The van der Waals surface area contributed by atoms with Crippen molar-refractivity contribution >= 4 is 11.8 Å². The summed E-state index contributed by atoms with van der Waals surface area (Å²) in [4.78, 5) is 30.6. The maximum absolute atomic E-state index is 13.7. The summed E-state index contributed by atoms with van der Waals surface area (Å²) in [6, 6.07) is 0.924. The van der Waals surface area contributed by atoms with Gasteiger partial charge in [-0.15, -0.1) is 0 Å². The lowest BCUT2D eigenvalue weighted by molar-refractivity contribution is -0.135. The molecule has 4 aliphatic rings. The molecule has 4 rings (SSSR count). The zero-order valence-corrected chi connectivity index (χ0v) is 20.5. The van der Waals surface area contributed by atoms with Crippen LogP contribution in [0.3, 0.4) is 0 Å². The number of amides is 2. The van der Waals surface area contributed by atoms with Gasteiger partial charge in [0.2, 0.25) is 11.8 Å². The van der Waals surface area contributed by atoms with Gasteiger partial charge in [0, 0.05) is 43.6 Å². The van der Waals surface area contributed by atoms with Crippen LogP contribution in [-0.2, 0) is 9.59 Å². The first-order valence-electron chi connectivity index (χ1n) is 13.0. The molecule has 2 aliphatic heterocycles. The number of carbonyl (C=O) groups excluding carboxylic acids is 2. The summed E-state index contributed by atoms with van der Waals surface area (Å²) < 4.78 is 0. The molecule has 0 radical (unpaired) electrons. The quantitative estimate of drug-likeness (QED) is 0.714. The van der Waals surface area contributed by atoms with E-state index in [2.05, 4.69) is 31.1 Å². The largest absolute Gasteiger partial charge is 0.351 e. The van der Waals surface area contributed by atoms with Gasteiger partial charge < -0.3 is 10.2 Å². The molecule has 2 saturated carbocycles.